The fourth-order valence-electron chi connectivity index (χ4n) is 1.46. The second kappa shape index (κ2) is 6.03. The van der Waals surface area contributed by atoms with Gasteiger partial charge in [0, 0.05) is 16.8 Å². The van der Waals surface area contributed by atoms with Crippen molar-refractivity contribution >= 4 is 23.6 Å². The van der Waals surface area contributed by atoms with Gasteiger partial charge in [-0.15, -0.1) is 0 Å². The van der Waals surface area contributed by atoms with Crippen LogP contribution in [0, 0.1) is 0 Å². The topological polar surface area (TPSA) is 29.1 Å². The van der Waals surface area contributed by atoms with Gasteiger partial charge in [0.25, 0.3) is 5.91 Å². The Morgan fingerprint density at radius 1 is 1.00 bits per heavy atom. The highest BCUT2D eigenvalue weighted by atomic mass is 35.5. The summed E-state index contributed by atoms with van der Waals surface area (Å²) in [5, 5.41) is 3.40. The van der Waals surface area contributed by atoms with E-state index in [9.17, 15) is 4.79 Å². The maximum atomic E-state index is 11.7. The molecule has 2 rings (SSSR count). The van der Waals surface area contributed by atoms with Crippen molar-refractivity contribution in [3.05, 3.63) is 76.9 Å². The van der Waals surface area contributed by atoms with Crippen LogP contribution in [0.5, 0.6) is 0 Å². The maximum Gasteiger partial charge on any atom is 0.255 e. The smallest absolute Gasteiger partial charge is 0.255 e. The molecule has 1 N–H and O–H groups in total. The fourth-order valence-corrected chi connectivity index (χ4v) is 1.59. The van der Waals surface area contributed by atoms with Gasteiger partial charge in [0.05, 0.1) is 0 Å². The lowest BCUT2D eigenvalue weighted by molar-refractivity contribution is 0.0970. The standard InChI is InChI=1S/C15H12ClNO/c16-14-8-6-12(7-9-14)10-11-17-15(18)13-4-2-1-3-5-13/h1-11H,(H,17,18). The van der Waals surface area contributed by atoms with Crippen LogP contribution in [0.15, 0.2) is 60.8 Å². The third-order valence-electron chi connectivity index (χ3n) is 2.40. The van der Waals surface area contributed by atoms with Gasteiger partial charge < -0.3 is 5.32 Å². The molecule has 0 saturated carbocycles. The molecule has 0 aliphatic heterocycles. The molecule has 90 valence electrons. The number of carbonyl (C=O) groups excluding carboxylic acids is 1. The Morgan fingerprint density at radius 2 is 1.67 bits per heavy atom. The van der Waals surface area contributed by atoms with E-state index in [1.807, 2.05) is 36.4 Å². The van der Waals surface area contributed by atoms with E-state index >= 15 is 0 Å². The van der Waals surface area contributed by atoms with Gasteiger partial charge in [-0.1, -0.05) is 41.9 Å². The van der Waals surface area contributed by atoms with E-state index in [1.54, 1.807) is 30.5 Å². The number of carbonyl (C=O) groups is 1. The molecular weight excluding hydrogens is 246 g/mol. The van der Waals surface area contributed by atoms with Crippen molar-refractivity contribution < 1.29 is 4.79 Å². The third-order valence-corrected chi connectivity index (χ3v) is 2.65. The van der Waals surface area contributed by atoms with Gasteiger partial charge in [-0.3, -0.25) is 4.79 Å². The maximum absolute atomic E-state index is 11.7. The van der Waals surface area contributed by atoms with E-state index in [-0.39, 0.29) is 5.91 Å². The van der Waals surface area contributed by atoms with Crippen LogP contribution in [0.25, 0.3) is 6.08 Å². The molecule has 2 aromatic carbocycles. The first-order valence-electron chi connectivity index (χ1n) is 5.54. The zero-order chi connectivity index (χ0) is 12.8. The Labute approximate surface area is 111 Å². The normalized spacial score (nSPS) is 10.5. The summed E-state index contributed by atoms with van der Waals surface area (Å²) >= 11 is 5.78. The van der Waals surface area contributed by atoms with Crippen molar-refractivity contribution in [2.75, 3.05) is 0 Å². The molecular formula is C15H12ClNO. The summed E-state index contributed by atoms with van der Waals surface area (Å²) in [4.78, 5) is 11.7. The summed E-state index contributed by atoms with van der Waals surface area (Å²) in [6.07, 6.45) is 3.44. The first kappa shape index (κ1) is 12.4. The average Bonchev–Trinajstić information content (AvgIpc) is 2.42. The largest absolute Gasteiger partial charge is 0.329 e. The number of benzene rings is 2. The second-order valence-electron chi connectivity index (χ2n) is 3.72. The molecule has 0 aromatic heterocycles. The predicted molar refractivity (Wildman–Crippen MR) is 74.4 cm³/mol. The molecule has 18 heavy (non-hydrogen) atoms. The minimum absolute atomic E-state index is 0.124. The van der Waals surface area contributed by atoms with Crippen LogP contribution in [-0.4, -0.2) is 5.91 Å². The molecule has 3 heteroatoms. The van der Waals surface area contributed by atoms with Gasteiger partial charge in [0.2, 0.25) is 0 Å². The van der Waals surface area contributed by atoms with Crippen LogP contribution in [0.4, 0.5) is 0 Å². The van der Waals surface area contributed by atoms with Crippen molar-refractivity contribution in [1.82, 2.24) is 5.32 Å². The number of hydrogen-bond donors (Lipinski definition) is 1. The summed E-state index contributed by atoms with van der Waals surface area (Å²) < 4.78 is 0. The molecule has 0 aliphatic rings. The molecule has 0 atom stereocenters. The number of halogens is 1. The van der Waals surface area contributed by atoms with E-state index in [0.717, 1.165) is 5.56 Å². The van der Waals surface area contributed by atoms with E-state index in [0.29, 0.717) is 10.6 Å². The highest BCUT2D eigenvalue weighted by Crippen LogP contribution is 2.10. The number of amides is 1. The van der Waals surface area contributed by atoms with Gasteiger partial charge in [-0.2, -0.15) is 0 Å². The van der Waals surface area contributed by atoms with Crippen molar-refractivity contribution in [2.45, 2.75) is 0 Å². The third kappa shape index (κ3) is 3.47. The van der Waals surface area contributed by atoms with E-state index in [4.69, 9.17) is 11.6 Å². The van der Waals surface area contributed by atoms with Crippen LogP contribution in [0.2, 0.25) is 5.02 Å². The van der Waals surface area contributed by atoms with Gasteiger partial charge >= 0.3 is 0 Å². The molecule has 0 radical (unpaired) electrons. The number of hydrogen-bond acceptors (Lipinski definition) is 1. The Morgan fingerprint density at radius 3 is 2.33 bits per heavy atom. The molecule has 0 unspecified atom stereocenters. The Kier molecular flexibility index (Phi) is 4.15. The molecule has 2 nitrogen and oxygen atoms in total. The Balaban J connectivity index is 1.96. The summed E-state index contributed by atoms with van der Waals surface area (Å²) in [5.74, 6) is -0.124. The number of nitrogens with one attached hydrogen (secondary N) is 1. The minimum atomic E-state index is -0.124. The summed E-state index contributed by atoms with van der Waals surface area (Å²) in [6, 6.07) is 16.5. The number of rotatable bonds is 3. The molecule has 0 spiro atoms. The van der Waals surface area contributed by atoms with Gasteiger partial charge in [0.15, 0.2) is 0 Å². The lowest BCUT2D eigenvalue weighted by atomic mass is 10.2. The van der Waals surface area contributed by atoms with E-state index < -0.39 is 0 Å². The SMILES string of the molecule is O=C(NC=Cc1ccc(Cl)cc1)c1ccccc1. The van der Waals surface area contributed by atoms with Crippen molar-refractivity contribution in [1.29, 1.82) is 0 Å². The molecule has 2 aromatic rings. The van der Waals surface area contributed by atoms with E-state index in [1.165, 1.54) is 0 Å². The van der Waals surface area contributed by atoms with Crippen LogP contribution in [0.1, 0.15) is 15.9 Å². The molecule has 0 aliphatic carbocycles. The Hall–Kier alpha value is -2.06. The Bertz CT molecular complexity index is 546. The molecule has 0 bridgehead atoms. The second-order valence-corrected chi connectivity index (χ2v) is 4.16. The summed E-state index contributed by atoms with van der Waals surface area (Å²) in [6.45, 7) is 0. The molecule has 0 heterocycles. The van der Waals surface area contributed by atoms with Crippen LogP contribution in [0.3, 0.4) is 0 Å². The van der Waals surface area contributed by atoms with Gasteiger partial charge in [-0.25, -0.2) is 0 Å². The lowest BCUT2D eigenvalue weighted by Crippen LogP contribution is -2.16. The van der Waals surface area contributed by atoms with Crippen LogP contribution >= 0.6 is 11.6 Å². The first-order chi connectivity index (χ1) is 8.75. The van der Waals surface area contributed by atoms with Gasteiger partial charge in [0.1, 0.15) is 0 Å². The monoisotopic (exact) mass is 257 g/mol. The highest BCUT2D eigenvalue weighted by Gasteiger charge is 2.00. The summed E-state index contributed by atoms with van der Waals surface area (Å²) in [5.41, 5.74) is 1.62. The predicted octanol–water partition coefficient (Wildman–Crippen LogP) is 3.74. The zero-order valence-corrected chi connectivity index (χ0v) is 10.4. The molecule has 1 amide bonds. The van der Waals surface area contributed by atoms with Crippen LogP contribution < -0.4 is 5.32 Å². The lowest BCUT2D eigenvalue weighted by Gasteiger charge is -1.99. The highest BCUT2D eigenvalue weighted by molar-refractivity contribution is 6.30. The average molecular weight is 258 g/mol. The fraction of sp³-hybridized carbons (Fsp3) is 0. The zero-order valence-electron chi connectivity index (χ0n) is 9.64. The van der Waals surface area contributed by atoms with Crippen molar-refractivity contribution in [2.24, 2.45) is 0 Å². The van der Waals surface area contributed by atoms with E-state index in [2.05, 4.69) is 5.32 Å². The van der Waals surface area contributed by atoms with Crippen LogP contribution in [-0.2, 0) is 0 Å². The molecule has 0 fully saturated rings. The first-order valence-corrected chi connectivity index (χ1v) is 5.91. The van der Waals surface area contributed by atoms with Crippen molar-refractivity contribution in [3.63, 3.8) is 0 Å². The quantitative estimate of drug-likeness (QED) is 0.892. The van der Waals surface area contributed by atoms with Gasteiger partial charge in [-0.05, 0) is 35.9 Å². The summed E-state index contributed by atoms with van der Waals surface area (Å²) in [7, 11) is 0. The molecule has 0 saturated heterocycles. The minimum Gasteiger partial charge on any atom is -0.329 e. The van der Waals surface area contributed by atoms with Crippen molar-refractivity contribution in [3.8, 4) is 0 Å².